The minimum absolute atomic E-state index is 0.0805. The predicted octanol–water partition coefficient (Wildman–Crippen LogP) is 2.37. The summed E-state index contributed by atoms with van der Waals surface area (Å²) in [6.07, 6.45) is 7.33. The van der Waals surface area contributed by atoms with E-state index in [1.807, 2.05) is 24.5 Å². The Kier molecular flexibility index (Phi) is 2.19. The van der Waals surface area contributed by atoms with Gasteiger partial charge >= 0.3 is 0 Å². The molecule has 0 radical (unpaired) electrons. The van der Waals surface area contributed by atoms with Crippen LogP contribution in [0.1, 0.15) is 25.1 Å². The van der Waals surface area contributed by atoms with Crippen LogP contribution < -0.4 is 5.73 Å². The van der Waals surface area contributed by atoms with Gasteiger partial charge in [-0.3, -0.25) is 0 Å². The van der Waals surface area contributed by atoms with Gasteiger partial charge in [-0.2, -0.15) is 0 Å². The first-order valence-electron chi connectivity index (χ1n) is 5.58. The lowest BCUT2D eigenvalue weighted by molar-refractivity contribution is 0.237. The molecule has 0 spiro atoms. The summed E-state index contributed by atoms with van der Waals surface area (Å²) in [5, 5.41) is 0.734. The number of hydrogen-bond acceptors (Lipinski definition) is 2. The van der Waals surface area contributed by atoms with Crippen LogP contribution in [0.4, 0.5) is 0 Å². The second-order valence-corrected chi connectivity index (χ2v) is 5.00. The highest BCUT2D eigenvalue weighted by molar-refractivity contribution is 6.30. The van der Waals surface area contributed by atoms with E-state index in [2.05, 4.69) is 9.38 Å². The molecule has 16 heavy (non-hydrogen) atoms. The van der Waals surface area contributed by atoms with Crippen molar-refractivity contribution in [3.05, 3.63) is 35.4 Å². The molecule has 1 fully saturated rings. The van der Waals surface area contributed by atoms with Crippen molar-refractivity contribution >= 4 is 17.1 Å². The normalized spacial score (nSPS) is 18.6. The molecule has 4 heteroatoms. The number of fused-ring (bicyclic) bond motifs is 1. The van der Waals surface area contributed by atoms with Crippen LogP contribution in [0.3, 0.4) is 0 Å². The zero-order valence-electron chi connectivity index (χ0n) is 8.99. The minimum atomic E-state index is 0.0805. The quantitative estimate of drug-likeness (QED) is 0.869. The summed E-state index contributed by atoms with van der Waals surface area (Å²) in [6.45, 7) is 0.665. The molecule has 1 aliphatic carbocycles. The lowest BCUT2D eigenvalue weighted by Crippen LogP contribution is -2.43. The number of hydrogen-bond donors (Lipinski definition) is 1. The fraction of sp³-hybridized carbons (Fsp3) is 0.417. The lowest BCUT2D eigenvalue weighted by Gasteiger charge is -2.39. The molecular formula is C12H14ClN3. The number of pyridine rings is 1. The SMILES string of the molecule is NCC1(c2ncc3ccc(Cl)cn23)CCC1. The van der Waals surface area contributed by atoms with E-state index in [0.29, 0.717) is 6.54 Å². The van der Waals surface area contributed by atoms with Gasteiger partial charge in [0.05, 0.1) is 16.7 Å². The van der Waals surface area contributed by atoms with Crippen molar-refractivity contribution in [3.63, 3.8) is 0 Å². The van der Waals surface area contributed by atoms with Crippen molar-refractivity contribution in [2.45, 2.75) is 24.7 Å². The van der Waals surface area contributed by atoms with E-state index in [0.717, 1.165) is 29.2 Å². The van der Waals surface area contributed by atoms with Crippen LogP contribution in [0.25, 0.3) is 5.52 Å². The summed E-state index contributed by atoms with van der Waals surface area (Å²) in [4.78, 5) is 4.53. The van der Waals surface area contributed by atoms with Gasteiger partial charge in [-0.1, -0.05) is 18.0 Å². The summed E-state index contributed by atoms with van der Waals surface area (Å²) in [5.74, 6) is 1.07. The third-order valence-corrected chi connectivity index (χ3v) is 3.89. The van der Waals surface area contributed by atoms with E-state index in [-0.39, 0.29) is 5.41 Å². The molecule has 1 saturated carbocycles. The van der Waals surface area contributed by atoms with Gasteiger partial charge in [-0.15, -0.1) is 0 Å². The maximum absolute atomic E-state index is 6.02. The van der Waals surface area contributed by atoms with Crippen LogP contribution in [0.15, 0.2) is 24.5 Å². The van der Waals surface area contributed by atoms with Crippen molar-refractivity contribution < 1.29 is 0 Å². The average Bonchev–Trinajstić information content (AvgIpc) is 2.61. The molecule has 0 unspecified atom stereocenters. The summed E-state index contributed by atoms with van der Waals surface area (Å²) in [6, 6.07) is 3.87. The standard InChI is InChI=1S/C12H14ClN3/c13-9-2-3-10-6-15-11(16(10)7-9)12(8-14)4-1-5-12/h2-3,6-7H,1,4-5,8,14H2. The number of nitrogens with two attached hydrogens (primary N) is 1. The maximum Gasteiger partial charge on any atom is 0.120 e. The smallest absolute Gasteiger partial charge is 0.120 e. The van der Waals surface area contributed by atoms with Crippen molar-refractivity contribution in [3.8, 4) is 0 Å². The topological polar surface area (TPSA) is 43.3 Å². The number of nitrogens with zero attached hydrogens (tertiary/aromatic N) is 2. The number of aromatic nitrogens is 2. The molecule has 3 nitrogen and oxygen atoms in total. The maximum atomic E-state index is 6.02. The van der Waals surface area contributed by atoms with Crippen molar-refractivity contribution in [1.29, 1.82) is 0 Å². The summed E-state index contributed by atoms with van der Waals surface area (Å²) in [7, 11) is 0. The molecule has 0 amide bonds. The van der Waals surface area contributed by atoms with Crippen molar-refractivity contribution in [2.24, 2.45) is 5.73 Å². The fourth-order valence-corrected chi connectivity index (χ4v) is 2.64. The van der Waals surface area contributed by atoms with Crippen LogP contribution in [0, 0.1) is 0 Å². The van der Waals surface area contributed by atoms with E-state index in [1.165, 1.54) is 6.42 Å². The molecule has 0 aromatic carbocycles. The first kappa shape index (κ1) is 10.1. The van der Waals surface area contributed by atoms with E-state index in [4.69, 9.17) is 17.3 Å². The molecule has 2 aromatic heterocycles. The first-order chi connectivity index (χ1) is 7.75. The fourth-order valence-electron chi connectivity index (χ4n) is 2.48. The molecule has 3 rings (SSSR count). The van der Waals surface area contributed by atoms with Gasteiger partial charge in [0.15, 0.2) is 0 Å². The third-order valence-electron chi connectivity index (χ3n) is 3.67. The minimum Gasteiger partial charge on any atom is -0.329 e. The Morgan fingerprint density at radius 2 is 2.25 bits per heavy atom. The zero-order valence-corrected chi connectivity index (χ0v) is 9.74. The molecule has 2 N–H and O–H groups in total. The first-order valence-corrected chi connectivity index (χ1v) is 5.96. The summed E-state index contributed by atoms with van der Waals surface area (Å²) in [5.41, 5.74) is 7.07. The average molecular weight is 236 g/mol. The van der Waals surface area contributed by atoms with Gasteiger partial charge in [0.25, 0.3) is 0 Å². The molecule has 0 aliphatic heterocycles. The third kappa shape index (κ3) is 1.28. The molecule has 0 atom stereocenters. The van der Waals surface area contributed by atoms with E-state index < -0.39 is 0 Å². The van der Waals surface area contributed by atoms with Crippen LogP contribution in [-0.2, 0) is 5.41 Å². The molecular weight excluding hydrogens is 222 g/mol. The number of imidazole rings is 1. The summed E-state index contributed by atoms with van der Waals surface area (Å²) >= 11 is 6.02. The van der Waals surface area contributed by atoms with Crippen LogP contribution in [-0.4, -0.2) is 15.9 Å². The van der Waals surface area contributed by atoms with Gasteiger partial charge < -0.3 is 10.1 Å². The Morgan fingerprint density at radius 3 is 2.88 bits per heavy atom. The summed E-state index contributed by atoms with van der Waals surface area (Å²) < 4.78 is 2.08. The van der Waals surface area contributed by atoms with Crippen LogP contribution in [0.5, 0.6) is 0 Å². The Hall–Kier alpha value is -1.06. The molecule has 0 bridgehead atoms. The highest BCUT2D eigenvalue weighted by Crippen LogP contribution is 2.42. The van der Waals surface area contributed by atoms with E-state index in [1.54, 1.807) is 0 Å². The Balaban J connectivity index is 2.19. The van der Waals surface area contributed by atoms with Gasteiger partial charge in [0.1, 0.15) is 5.82 Å². The zero-order chi connectivity index (χ0) is 11.2. The van der Waals surface area contributed by atoms with Gasteiger partial charge in [-0.25, -0.2) is 4.98 Å². The molecule has 0 saturated heterocycles. The van der Waals surface area contributed by atoms with Crippen LogP contribution in [0.2, 0.25) is 5.02 Å². The lowest BCUT2D eigenvalue weighted by atomic mass is 9.68. The molecule has 2 heterocycles. The molecule has 84 valence electrons. The van der Waals surface area contributed by atoms with Crippen molar-refractivity contribution in [2.75, 3.05) is 6.54 Å². The number of halogens is 1. The van der Waals surface area contributed by atoms with Gasteiger partial charge in [0.2, 0.25) is 0 Å². The number of rotatable bonds is 2. The monoisotopic (exact) mass is 235 g/mol. The Morgan fingerprint density at radius 1 is 1.44 bits per heavy atom. The van der Waals surface area contributed by atoms with E-state index in [9.17, 15) is 0 Å². The molecule has 1 aliphatic rings. The largest absolute Gasteiger partial charge is 0.329 e. The molecule has 2 aromatic rings. The second kappa shape index (κ2) is 3.47. The van der Waals surface area contributed by atoms with Gasteiger partial charge in [0, 0.05) is 18.2 Å². The second-order valence-electron chi connectivity index (χ2n) is 4.56. The van der Waals surface area contributed by atoms with Gasteiger partial charge in [-0.05, 0) is 25.0 Å². The van der Waals surface area contributed by atoms with Crippen molar-refractivity contribution in [1.82, 2.24) is 9.38 Å². The predicted molar refractivity (Wildman–Crippen MR) is 64.8 cm³/mol. The highest BCUT2D eigenvalue weighted by atomic mass is 35.5. The Labute approximate surface area is 99.2 Å². The Bertz CT molecular complexity index is 523. The highest BCUT2D eigenvalue weighted by Gasteiger charge is 2.40. The van der Waals surface area contributed by atoms with Crippen LogP contribution >= 0.6 is 11.6 Å². The van der Waals surface area contributed by atoms with E-state index >= 15 is 0 Å².